The van der Waals surface area contributed by atoms with Gasteiger partial charge in [-0.25, -0.2) is 0 Å². The van der Waals surface area contributed by atoms with Gasteiger partial charge in [0.2, 0.25) is 0 Å². The molecule has 35 heavy (non-hydrogen) atoms. The molecule has 0 heterocycles. The molecule has 7 heteroatoms. The van der Waals surface area contributed by atoms with Gasteiger partial charge in [0.1, 0.15) is 0 Å². The maximum Gasteiger partial charge on any atom is 2.00 e. The van der Waals surface area contributed by atoms with Gasteiger partial charge in [0.05, 0.1) is 0 Å². The van der Waals surface area contributed by atoms with Crippen LogP contribution in [0.3, 0.4) is 0 Å². The molecule has 0 amide bonds. The summed E-state index contributed by atoms with van der Waals surface area (Å²) in [6.45, 7) is 21.8. The van der Waals surface area contributed by atoms with Gasteiger partial charge in [0.15, 0.2) is 0 Å². The van der Waals surface area contributed by atoms with Gasteiger partial charge in [-0.3, -0.25) is 0 Å². The van der Waals surface area contributed by atoms with Gasteiger partial charge in [-0.1, -0.05) is 127 Å². The number of carboxylic acid groups (broad SMARTS) is 2. The number of hydrogen-bond donors (Lipinski definition) is 0. The van der Waals surface area contributed by atoms with Crippen molar-refractivity contribution < 1.29 is 36.6 Å². The Kier molecular flexibility index (Phi) is 47.6. The van der Waals surface area contributed by atoms with E-state index in [1.54, 1.807) is 0 Å². The van der Waals surface area contributed by atoms with Crippen molar-refractivity contribution in [3.05, 3.63) is 0 Å². The third kappa shape index (κ3) is 34.5. The van der Waals surface area contributed by atoms with E-state index in [0.29, 0.717) is 12.8 Å². The van der Waals surface area contributed by atoms with E-state index in [4.69, 9.17) is 0 Å². The number of hydrogen-bond acceptors (Lipinski definition) is 4. The van der Waals surface area contributed by atoms with Gasteiger partial charge >= 0.3 is 16.8 Å². The number of carbonyl (C=O) groups excluding carboxylic acids is 2. The van der Waals surface area contributed by atoms with Crippen LogP contribution in [0, 0.1) is 11.8 Å². The monoisotopic (exact) mass is 573 g/mol. The molecule has 0 aliphatic rings. The van der Waals surface area contributed by atoms with Crippen LogP contribution in [0.2, 0.25) is 31.7 Å². The van der Waals surface area contributed by atoms with Crippen molar-refractivity contribution in [1.82, 2.24) is 0 Å². The van der Waals surface area contributed by atoms with Crippen molar-refractivity contribution in [3.8, 4) is 0 Å². The maximum absolute atomic E-state index is 10.3. The van der Waals surface area contributed by atoms with E-state index in [0.717, 1.165) is 38.5 Å². The van der Waals surface area contributed by atoms with Crippen molar-refractivity contribution in [2.45, 2.75) is 152 Å². The van der Waals surface area contributed by atoms with Crippen LogP contribution < -0.4 is 10.2 Å². The van der Waals surface area contributed by atoms with Gasteiger partial charge in [-0.15, -0.1) is 0 Å². The summed E-state index contributed by atoms with van der Waals surface area (Å²) in [5.74, 6) is -2.23. The molecule has 0 aromatic carbocycles. The Labute approximate surface area is 239 Å². The summed E-state index contributed by atoms with van der Waals surface area (Å²) in [5, 5.41) is 29.6. The van der Waals surface area contributed by atoms with Gasteiger partial charge in [-0.05, 0) is 37.5 Å². The molecule has 0 aromatic heterocycles. The largest absolute Gasteiger partial charge is 2.00 e. The standard InChI is InChI=1S/2C8H16O2.6C2H5.2Al.Co/c2*1-3-5-6-7(4-2)8(9)10;6*1-2;;;/h2*7H,3-6H2,1-2H3,(H,9,10);6*1H2,2H3;;;/q;;;;;;;;;;+2/p-2. The van der Waals surface area contributed by atoms with Crippen LogP contribution in [0.1, 0.15) is 121 Å². The summed E-state index contributed by atoms with van der Waals surface area (Å²) in [6, 6.07) is 0. The molecule has 2 atom stereocenters. The maximum atomic E-state index is 10.3. The van der Waals surface area contributed by atoms with E-state index >= 15 is 0 Å². The van der Waals surface area contributed by atoms with Crippen LogP contribution in [0.15, 0.2) is 0 Å². The molecule has 211 valence electrons. The Hall–Kier alpha value is 0.511. The van der Waals surface area contributed by atoms with Crippen molar-refractivity contribution in [1.29, 1.82) is 0 Å². The summed E-state index contributed by atoms with van der Waals surface area (Å²) in [4.78, 5) is 20.7. The summed E-state index contributed by atoms with van der Waals surface area (Å²) < 4.78 is 0. The van der Waals surface area contributed by atoms with Crippen molar-refractivity contribution in [2.24, 2.45) is 11.8 Å². The molecule has 0 saturated carbocycles. The average Bonchev–Trinajstić information content (AvgIpc) is 2.83. The third-order valence-electron chi connectivity index (χ3n) is 6.93. The van der Waals surface area contributed by atoms with Gasteiger partial charge in [0, 0.05) is 11.9 Å². The second-order valence-corrected chi connectivity index (χ2v) is 17.7. The molecule has 0 N–H and O–H groups in total. The van der Waals surface area contributed by atoms with Crippen LogP contribution in [0.5, 0.6) is 0 Å². The van der Waals surface area contributed by atoms with Gasteiger partial charge in [-0.2, -0.15) is 0 Å². The van der Waals surface area contributed by atoms with Crippen molar-refractivity contribution >= 4 is 40.2 Å². The smallest absolute Gasteiger partial charge is 0.550 e. The van der Waals surface area contributed by atoms with Crippen LogP contribution in [0.4, 0.5) is 0 Å². The molecule has 0 spiro atoms. The number of aliphatic carboxylic acids is 2. The zero-order valence-electron chi connectivity index (χ0n) is 25.2. The van der Waals surface area contributed by atoms with E-state index in [1.165, 1.54) is 31.7 Å². The molecule has 0 rings (SSSR count). The molecular weight excluding hydrogens is 513 g/mol. The second-order valence-electron chi connectivity index (χ2n) is 9.31. The molecule has 0 aromatic rings. The van der Waals surface area contributed by atoms with E-state index in [-0.39, 0.29) is 56.9 Å². The molecule has 0 bridgehead atoms. The fraction of sp³-hybridized carbons (Fsp3) is 0.929. The topological polar surface area (TPSA) is 80.3 Å². The first-order valence-corrected chi connectivity index (χ1v) is 19.4. The quantitative estimate of drug-likeness (QED) is 0.187. The molecule has 4 nitrogen and oxygen atoms in total. The van der Waals surface area contributed by atoms with Crippen molar-refractivity contribution in [2.75, 3.05) is 0 Å². The van der Waals surface area contributed by atoms with Crippen LogP contribution in [-0.4, -0.2) is 40.2 Å². The fourth-order valence-electron chi connectivity index (χ4n) is 3.61. The third-order valence-corrected chi connectivity index (χ3v) is 13.9. The number of carboxylic acids is 2. The average molecular weight is 574 g/mol. The van der Waals surface area contributed by atoms with Crippen LogP contribution in [-0.2, 0) is 26.4 Å². The first-order valence-electron chi connectivity index (χ1n) is 14.5. The predicted octanol–water partition coefficient (Wildman–Crippen LogP) is 6.98. The first-order chi connectivity index (χ1) is 16.1. The summed E-state index contributed by atoms with van der Waals surface area (Å²) >= 11 is -0.343. The zero-order valence-corrected chi connectivity index (χ0v) is 28.5. The number of rotatable bonds is 16. The first kappa shape index (κ1) is 45.4. The number of carbonyl (C=O) groups is 2. The van der Waals surface area contributed by atoms with Crippen molar-refractivity contribution in [3.63, 3.8) is 0 Å². The molecule has 0 saturated heterocycles. The SMILES string of the molecule is CCCCC(CC)C(=O)[O-].CCCCC(CC)C(=O)[O-].C[CH2][Al]([CH2]C)[CH2]C.C[CH2][Al]([CH2]C)[CH2]C.[Co+2]. The Morgan fingerprint density at radius 3 is 0.857 bits per heavy atom. The van der Waals surface area contributed by atoms with Crippen LogP contribution in [0.25, 0.3) is 0 Å². The molecule has 1 radical (unpaired) electrons. The molecule has 2 unspecified atom stereocenters. The minimum Gasteiger partial charge on any atom is -0.550 e. The summed E-state index contributed by atoms with van der Waals surface area (Å²) in [5.41, 5.74) is 0. The summed E-state index contributed by atoms with van der Waals surface area (Å²) in [6.07, 6.45) is 7.04. The number of unbranched alkanes of at least 4 members (excludes halogenated alkanes) is 2. The van der Waals surface area contributed by atoms with E-state index in [1.807, 2.05) is 13.8 Å². The molecule has 0 aliphatic carbocycles. The van der Waals surface area contributed by atoms with Crippen LogP contribution >= 0.6 is 0 Å². The predicted molar refractivity (Wildman–Crippen MR) is 151 cm³/mol. The van der Waals surface area contributed by atoms with Gasteiger partial charge in [0.25, 0.3) is 28.3 Å². The Bertz CT molecular complexity index is 369. The molecule has 0 aliphatic heterocycles. The van der Waals surface area contributed by atoms with Gasteiger partial charge < -0.3 is 19.8 Å². The minimum absolute atomic E-state index is 0. The molecular formula is C28H60Al2CoO4. The fourth-order valence-corrected chi connectivity index (χ4v) is 7.07. The minimum atomic E-state index is -0.893. The molecule has 0 fully saturated rings. The summed E-state index contributed by atoms with van der Waals surface area (Å²) in [7, 11) is 0. The normalized spacial score (nSPS) is 11.0. The van der Waals surface area contributed by atoms with E-state index in [2.05, 4.69) is 55.4 Å². The Balaban J connectivity index is -0.000000115. The van der Waals surface area contributed by atoms with E-state index in [9.17, 15) is 19.8 Å². The zero-order chi connectivity index (χ0) is 27.4. The Morgan fingerprint density at radius 2 is 0.771 bits per heavy atom. The Morgan fingerprint density at radius 1 is 0.543 bits per heavy atom. The second kappa shape index (κ2) is 36.7. The van der Waals surface area contributed by atoms with E-state index < -0.39 is 11.9 Å².